The molecule has 0 saturated carbocycles. The second-order valence-corrected chi connectivity index (χ2v) is 9.05. The van der Waals surface area contributed by atoms with Crippen molar-refractivity contribution in [3.8, 4) is 0 Å². The summed E-state index contributed by atoms with van der Waals surface area (Å²) in [5, 5.41) is 3.07. The first-order valence-electron chi connectivity index (χ1n) is 7.48. The molecule has 3 aliphatic heterocycles. The van der Waals surface area contributed by atoms with Gasteiger partial charge < -0.3 is 10.2 Å². The second-order valence-electron chi connectivity index (χ2n) is 6.03. The summed E-state index contributed by atoms with van der Waals surface area (Å²) in [6.07, 6.45) is 2.22. The van der Waals surface area contributed by atoms with Gasteiger partial charge in [-0.15, -0.1) is 11.3 Å². The lowest BCUT2D eigenvalue weighted by Gasteiger charge is -2.44. The lowest BCUT2D eigenvalue weighted by atomic mass is 9.85. The number of aryl methyl sites for hydroxylation is 1. The summed E-state index contributed by atoms with van der Waals surface area (Å²) in [7, 11) is -1.53. The SMILES string of the molecule is CNCc1cc(S(=O)(=O)NC2CN3CCC2CC3)c(C)s1. The zero-order chi connectivity index (χ0) is 15.0. The van der Waals surface area contributed by atoms with Crippen LogP contribution in [0.5, 0.6) is 0 Å². The zero-order valence-corrected chi connectivity index (χ0v) is 14.2. The largest absolute Gasteiger partial charge is 0.315 e. The molecule has 7 heteroatoms. The van der Waals surface area contributed by atoms with Crippen molar-refractivity contribution in [1.82, 2.24) is 14.9 Å². The van der Waals surface area contributed by atoms with Crippen molar-refractivity contribution >= 4 is 21.4 Å². The van der Waals surface area contributed by atoms with Gasteiger partial charge in [0.25, 0.3) is 0 Å². The van der Waals surface area contributed by atoms with Crippen molar-refractivity contribution in [3.63, 3.8) is 0 Å². The maximum atomic E-state index is 12.7. The molecule has 0 amide bonds. The predicted molar refractivity (Wildman–Crippen MR) is 85.1 cm³/mol. The van der Waals surface area contributed by atoms with Gasteiger partial charge in [-0.05, 0) is 51.9 Å². The molecule has 2 N–H and O–H groups in total. The van der Waals surface area contributed by atoms with Crippen LogP contribution in [0.15, 0.2) is 11.0 Å². The molecule has 1 aromatic heterocycles. The minimum absolute atomic E-state index is 0.0737. The predicted octanol–water partition coefficient (Wildman–Crippen LogP) is 1.15. The fourth-order valence-corrected chi connectivity index (χ4v) is 6.36. The van der Waals surface area contributed by atoms with Crippen molar-refractivity contribution < 1.29 is 8.42 Å². The van der Waals surface area contributed by atoms with Gasteiger partial charge in [0, 0.05) is 28.9 Å². The molecular formula is C14H23N3O2S2. The quantitative estimate of drug-likeness (QED) is 0.851. The highest BCUT2D eigenvalue weighted by molar-refractivity contribution is 7.89. The Labute approximate surface area is 130 Å². The molecule has 3 aliphatic rings. The lowest BCUT2D eigenvalue weighted by molar-refractivity contribution is 0.0827. The summed E-state index contributed by atoms with van der Waals surface area (Å²) in [5.74, 6) is 0.500. The zero-order valence-electron chi connectivity index (χ0n) is 12.6. The number of hydrogen-bond donors (Lipinski definition) is 2. The van der Waals surface area contributed by atoms with Crippen LogP contribution in [0.4, 0.5) is 0 Å². The molecule has 3 saturated heterocycles. The van der Waals surface area contributed by atoms with Gasteiger partial charge in [0.15, 0.2) is 0 Å². The molecule has 4 heterocycles. The van der Waals surface area contributed by atoms with E-state index in [1.54, 1.807) is 17.4 Å². The van der Waals surface area contributed by atoms with E-state index in [1.165, 1.54) is 0 Å². The molecule has 5 nitrogen and oxygen atoms in total. The number of rotatable bonds is 5. The number of fused-ring (bicyclic) bond motifs is 3. The third-order valence-electron chi connectivity index (χ3n) is 4.53. The Morgan fingerprint density at radius 2 is 2.10 bits per heavy atom. The van der Waals surface area contributed by atoms with Crippen molar-refractivity contribution in [2.75, 3.05) is 26.7 Å². The number of nitrogens with one attached hydrogen (secondary N) is 2. The normalized spacial score (nSPS) is 29.0. The van der Waals surface area contributed by atoms with E-state index in [1.807, 2.05) is 14.0 Å². The number of nitrogens with zero attached hydrogens (tertiary/aromatic N) is 1. The Morgan fingerprint density at radius 3 is 2.67 bits per heavy atom. The highest BCUT2D eigenvalue weighted by atomic mass is 32.2. The smallest absolute Gasteiger partial charge is 0.241 e. The fourth-order valence-electron chi connectivity index (χ4n) is 3.41. The molecule has 2 bridgehead atoms. The summed E-state index contributed by atoms with van der Waals surface area (Å²) in [6.45, 7) is 5.69. The maximum absolute atomic E-state index is 12.7. The summed E-state index contributed by atoms with van der Waals surface area (Å²) in [4.78, 5) is 4.74. The van der Waals surface area contributed by atoms with E-state index in [-0.39, 0.29) is 6.04 Å². The minimum Gasteiger partial charge on any atom is -0.315 e. The van der Waals surface area contributed by atoms with E-state index < -0.39 is 10.0 Å². The van der Waals surface area contributed by atoms with Crippen LogP contribution in [0.2, 0.25) is 0 Å². The number of sulfonamides is 1. The van der Waals surface area contributed by atoms with E-state index in [0.717, 1.165) is 42.2 Å². The van der Waals surface area contributed by atoms with Gasteiger partial charge in [-0.2, -0.15) is 0 Å². The van der Waals surface area contributed by atoms with E-state index in [2.05, 4.69) is 14.9 Å². The highest BCUT2D eigenvalue weighted by Gasteiger charge is 2.37. The Kier molecular flexibility index (Phi) is 4.38. The Balaban J connectivity index is 1.77. The van der Waals surface area contributed by atoms with Crippen LogP contribution in [0, 0.1) is 12.8 Å². The first-order chi connectivity index (χ1) is 9.99. The van der Waals surface area contributed by atoms with E-state index >= 15 is 0 Å². The third kappa shape index (κ3) is 3.17. The first kappa shape index (κ1) is 15.4. The molecule has 1 atom stereocenters. The molecule has 0 spiro atoms. The topological polar surface area (TPSA) is 61.4 Å². The van der Waals surface area contributed by atoms with Gasteiger partial charge in [0.1, 0.15) is 0 Å². The van der Waals surface area contributed by atoms with Crippen molar-refractivity contribution in [2.45, 2.75) is 37.2 Å². The average molecular weight is 329 g/mol. The molecule has 1 aromatic rings. The average Bonchev–Trinajstić information content (AvgIpc) is 2.82. The standard InChI is InChI=1S/C14H23N3O2S2/c1-10-14(7-12(20-10)8-15-2)21(18,19)16-13-9-17-5-3-11(13)4-6-17/h7,11,13,15-16H,3-6,8-9H2,1-2H3. The van der Waals surface area contributed by atoms with Crippen LogP contribution in [0.3, 0.4) is 0 Å². The van der Waals surface area contributed by atoms with Crippen LogP contribution >= 0.6 is 11.3 Å². The minimum atomic E-state index is -3.40. The molecule has 0 aromatic carbocycles. The van der Waals surface area contributed by atoms with Crippen molar-refractivity contribution in [2.24, 2.45) is 5.92 Å². The van der Waals surface area contributed by atoms with Gasteiger partial charge in [-0.25, -0.2) is 13.1 Å². The maximum Gasteiger partial charge on any atom is 0.241 e. The summed E-state index contributed by atoms with van der Waals surface area (Å²) < 4.78 is 28.3. The number of piperidine rings is 3. The number of thiophene rings is 1. The molecule has 0 aliphatic carbocycles. The lowest BCUT2D eigenvalue weighted by Crippen LogP contribution is -2.57. The van der Waals surface area contributed by atoms with Gasteiger partial charge >= 0.3 is 0 Å². The van der Waals surface area contributed by atoms with Crippen LogP contribution in [-0.2, 0) is 16.6 Å². The van der Waals surface area contributed by atoms with Crippen LogP contribution in [-0.4, -0.2) is 46.0 Å². The number of hydrogen-bond acceptors (Lipinski definition) is 5. The van der Waals surface area contributed by atoms with Crippen LogP contribution < -0.4 is 10.0 Å². The van der Waals surface area contributed by atoms with Gasteiger partial charge in [0.05, 0.1) is 4.90 Å². The van der Waals surface area contributed by atoms with E-state index in [0.29, 0.717) is 17.4 Å². The molecule has 3 fully saturated rings. The monoisotopic (exact) mass is 329 g/mol. The van der Waals surface area contributed by atoms with E-state index in [4.69, 9.17) is 0 Å². The summed E-state index contributed by atoms with van der Waals surface area (Å²) in [6, 6.07) is 1.88. The summed E-state index contributed by atoms with van der Waals surface area (Å²) in [5.41, 5.74) is 0. The Morgan fingerprint density at radius 1 is 1.38 bits per heavy atom. The fraction of sp³-hybridized carbons (Fsp3) is 0.714. The van der Waals surface area contributed by atoms with Crippen molar-refractivity contribution in [1.29, 1.82) is 0 Å². The Bertz CT molecular complexity index is 604. The van der Waals surface area contributed by atoms with Gasteiger partial charge in [-0.3, -0.25) is 0 Å². The molecule has 21 heavy (non-hydrogen) atoms. The molecule has 4 rings (SSSR count). The van der Waals surface area contributed by atoms with Gasteiger partial charge in [0.2, 0.25) is 10.0 Å². The first-order valence-corrected chi connectivity index (χ1v) is 9.78. The molecule has 1 unspecified atom stereocenters. The van der Waals surface area contributed by atoms with Crippen molar-refractivity contribution in [3.05, 3.63) is 15.8 Å². The third-order valence-corrected chi connectivity index (χ3v) is 7.32. The second kappa shape index (κ2) is 5.96. The molecule has 118 valence electrons. The highest BCUT2D eigenvalue weighted by Crippen LogP contribution is 2.30. The molecule has 0 radical (unpaired) electrons. The van der Waals surface area contributed by atoms with Crippen LogP contribution in [0.25, 0.3) is 0 Å². The summed E-state index contributed by atoms with van der Waals surface area (Å²) >= 11 is 1.55. The van der Waals surface area contributed by atoms with Gasteiger partial charge in [-0.1, -0.05) is 0 Å². The Hall–Kier alpha value is -0.470. The van der Waals surface area contributed by atoms with Crippen LogP contribution in [0.1, 0.15) is 22.6 Å². The molecular weight excluding hydrogens is 306 g/mol. The van der Waals surface area contributed by atoms with E-state index in [9.17, 15) is 8.42 Å².